The first kappa shape index (κ1) is 34.1. The number of carboxylic acid groups (broad SMARTS) is 1. The summed E-state index contributed by atoms with van der Waals surface area (Å²) in [5, 5.41) is 17.6. The molecule has 0 spiro atoms. The van der Waals surface area contributed by atoms with Crippen LogP contribution in [0.5, 0.6) is 5.75 Å². The summed E-state index contributed by atoms with van der Waals surface area (Å²) in [6.07, 6.45) is 3.13. The lowest BCUT2D eigenvalue weighted by atomic mass is 9.88. The normalized spacial score (nSPS) is 19.4. The number of hydrogen-bond acceptors (Lipinski definition) is 7. The highest BCUT2D eigenvalue weighted by atomic mass is 79.9. The van der Waals surface area contributed by atoms with E-state index < -0.39 is 58.4 Å². The average molecular weight is 701 g/mol. The van der Waals surface area contributed by atoms with Gasteiger partial charge in [-0.15, -0.1) is 0 Å². The van der Waals surface area contributed by atoms with E-state index in [-0.39, 0.29) is 16.4 Å². The van der Waals surface area contributed by atoms with E-state index >= 15 is 0 Å². The number of amides is 2. The minimum Gasteiger partial charge on any atom is -0.483 e. The maximum atomic E-state index is 14.0. The molecule has 240 valence electrons. The smallest absolute Gasteiger partial charge is 0.322 e. The van der Waals surface area contributed by atoms with Gasteiger partial charge in [-0.1, -0.05) is 87.4 Å². The average Bonchev–Trinajstić information content (AvgIpc) is 3.12. The Morgan fingerprint density at radius 3 is 2.36 bits per heavy atom. The van der Waals surface area contributed by atoms with E-state index in [0.29, 0.717) is 28.4 Å². The fourth-order valence-electron chi connectivity index (χ4n) is 5.53. The van der Waals surface area contributed by atoms with E-state index in [1.54, 1.807) is 36.4 Å². The molecule has 1 heterocycles. The molecular formula is C33H38BrN3O7S. The van der Waals surface area contributed by atoms with Gasteiger partial charge >= 0.3 is 5.97 Å². The minimum atomic E-state index is -3.79. The van der Waals surface area contributed by atoms with Gasteiger partial charge < -0.3 is 20.5 Å². The number of carboxylic acids is 1. The number of hydrogen-bond donors (Lipinski definition) is 4. The molecule has 45 heavy (non-hydrogen) atoms. The molecular weight excluding hydrogens is 662 g/mol. The standard InChI is InChI=1S/C33H38BrN3O7S/c1-3-5-16-33(4-2)21-45(42,43)27-18-26(25(34)17-24(27)30(37-33)22-12-8-6-9-13-22)44-20-28(38)36-31(23-14-10-7-11-15-23)32(41)35-19-29(39)40/h6-15,17-18,30-31,37H,3-5,16,19-21H2,1-2H3,(H,35,41)(H,36,38)(H,39,40)/t30-,31+,33-/m0/s1. The van der Waals surface area contributed by atoms with E-state index in [4.69, 9.17) is 9.84 Å². The van der Waals surface area contributed by atoms with Gasteiger partial charge in [-0.2, -0.15) is 0 Å². The lowest BCUT2D eigenvalue weighted by Gasteiger charge is -2.36. The first-order valence-electron chi connectivity index (χ1n) is 14.8. The van der Waals surface area contributed by atoms with Crippen LogP contribution in [0.3, 0.4) is 0 Å². The number of nitrogens with one attached hydrogen (secondary N) is 3. The SMILES string of the molecule is CCCC[C@@]1(CC)CS(=O)(=O)c2cc(OCC(=O)N[C@@H](C(=O)NCC(=O)O)c3ccccc3)c(Br)cc2[C@H](c2ccccc2)N1. The summed E-state index contributed by atoms with van der Waals surface area (Å²) in [6, 6.07) is 19.7. The quantitative estimate of drug-likeness (QED) is 0.201. The molecule has 0 saturated carbocycles. The molecule has 1 aliphatic rings. The second-order valence-electron chi connectivity index (χ2n) is 11.1. The third-order valence-corrected chi connectivity index (χ3v) is 10.5. The Morgan fingerprint density at radius 2 is 1.73 bits per heavy atom. The number of sulfone groups is 1. The van der Waals surface area contributed by atoms with Crippen molar-refractivity contribution >= 4 is 43.6 Å². The Bertz CT molecular complexity index is 1620. The largest absolute Gasteiger partial charge is 0.483 e. The van der Waals surface area contributed by atoms with E-state index in [1.807, 2.05) is 37.3 Å². The van der Waals surface area contributed by atoms with Crippen molar-refractivity contribution in [1.29, 1.82) is 0 Å². The lowest BCUT2D eigenvalue weighted by molar-refractivity contribution is -0.138. The Morgan fingerprint density at radius 1 is 1.07 bits per heavy atom. The van der Waals surface area contributed by atoms with Gasteiger partial charge in [0, 0.05) is 11.6 Å². The van der Waals surface area contributed by atoms with Crippen LogP contribution in [0.1, 0.15) is 68.3 Å². The molecule has 0 aromatic heterocycles. The van der Waals surface area contributed by atoms with Crippen molar-refractivity contribution in [3.63, 3.8) is 0 Å². The summed E-state index contributed by atoms with van der Waals surface area (Å²) < 4.78 is 34.3. The molecule has 0 unspecified atom stereocenters. The molecule has 1 aliphatic heterocycles. The second kappa shape index (κ2) is 15.0. The molecule has 0 aliphatic carbocycles. The number of ether oxygens (including phenoxy) is 1. The minimum absolute atomic E-state index is 0.0847. The number of aliphatic carboxylic acids is 1. The van der Waals surface area contributed by atoms with Gasteiger partial charge in [0.15, 0.2) is 16.4 Å². The molecule has 12 heteroatoms. The summed E-state index contributed by atoms with van der Waals surface area (Å²) in [6.45, 7) is 2.95. The second-order valence-corrected chi connectivity index (χ2v) is 13.9. The molecule has 3 aromatic carbocycles. The van der Waals surface area contributed by atoms with Crippen LogP contribution in [0, 0.1) is 0 Å². The highest BCUT2D eigenvalue weighted by Gasteiger charge is 2.42. The molecule has 0 saturated heterocycles. The van der Waals surface area contributed by atoms with Gasteiger partial charge in [-0.25, -0.2) is 8.42 Å². The predicted octanol–water partition coefficient (Wildman–Crippen LogP) is 4.69. The Kier molecular flexibility index (Phi) is 11.4. The van der Waals surface area contributed by atoms with Crippen molar-refractivity contribution in [2.24, 2.45) is 0 Å². The van der Waals surface area contributed by atoms with Gasteiger partial charge in [0.2, 0.25) is 5.91 Å². The molecule has 0 radical (unpaired) electrons. The van der Waals surface area contributed by atoms with Gasteiger partial charge in [0.25, 0.3) is 5.91 Å². The highest BCUT2D eigenvalue weighted by Crippen LogP contribution is 2.42. The van der Waals surface area contributed by atoms with E-state index in [9.17, 15) is 22.8 Å². The van der Waals surface area contributed by atoms with Crippen molar-refractivity contribution in [3.8, 4) is 5.75 Å². The van der Waals surface area contributed by atoms with E-state index in [0.717, 1.165) is 18.4 Å². The van der Waals surface area contributed by atoms with Crippen LogP contribution < -0.4 is 20.7 Å². The molecule has 3 aromatic rings. The van der Waals surface area contributed by atoms with Crippen molar-refractivity contribution in [3.05, 3.63) is 94.0 Å². The van der Waals surface area contributed by atoms with Crippen LogP contribution in [-0.4, -0.2) is 55.8 Å². The number of carbonyl (C=O) groups excluding carboxylic acids is 2. The van der Waals surface area contributed by atoms with Crippen LogP contribution in [0.15, 0.2) is 82.2 Å². The van der Waals surface area contributed by atoms with Crippen molar-refractivity contribution in [2.45, 2.75) is 62.0 Å². The number of halogens is 1. The molecule has 0 fully saturated rings. The maximum Gasteiger partial charge on any atom is 0.322 e. The number of carbonyl (C=O) groups is 3. The Labute approximate surface area is 272 Å². The van der Waals surface area contributed by atoms with Crippen LogP contribution >= 0.6 is 15.9 Å². The van der Waals surface area contributed by atoms with Crippen molar-refractivity contribution in [1.82, 2.24) is 16.0 Å². The van der Waals surface area contributed by atoms with Crippen molar-refractivity contribution < 1.29 is 32.6 Å². The molecule has 4 rings (SSSR count). The molecule has 4 N–H and O–H groups in total. The highest BCUT2D eigenvalue weighted by molar-refractivity contribution is 9.10. The van der Waals surface area contributed by atoms with Crippen LogP contribution in [0.2, 0.25) is 0 Å². The zero-order chi connectivity index (χ0) is 32.6. The van der Waals surface area contributed by atoms with Gasteiger partial charge in [-0.3, -0.25) is 19.7 Å². The van der Waals surface area contributed by atoms with Crippen molar-refractivity contribution in [2.75, 3.05) is 18.9 Å². The summed E-state index contributed by atoms with van der Waals surface area (Å²) in [4.78, 5) is 36.9. The third kappa shape index (κ3) is 8.50. The summed E-state index contributed by atoms with van der Waals surface area (Å²) in [5.74, 6) is -2.51. The van der Waals surface area contributed by atoms with E-state index in [1.165, 1.54) is 6.07 Å². The summed E-state index contributed by atoms with van der Waals surface area (Å²) >= 11 is 3.52. The predicted molar refractivity (Wildman–Crippen MR) is 174 cm³/mol. The number of benzene rings is 3. The van der Waals surface area contributed by atoms with Gasteiger partial charge in [0.1, 0.15) is 18.3 Å². The Hall–Kier alpha value is -3.74. The molecule has 0 bridgehead atoms. The summed E-state index contributed by atoms with van der Waals surface area (Å²) in [5.41, 5.74) is 1.32. The molecule has 3 atom stereocenters. The van der Waals surface area contributed by atoms with Crippen LogP contribution in [0.25, 0.3) is 0 Å². The third-order valence-electron chi connectivity index (χ3n) is 7.92. The fraction of sp³-hybridized carbons (Fsp3) is 0.364. The van der Waals surface area contributed by atoms with E-state index in [2.05, 4.69) is 38.8 Å². The lowest BCUT2D eigenvalue weighted by Crippen LogP contribution is -2.50. The molecule has 2 amide bonds. The number of fused-ring (bicyclic) bond motifs is 1. The van der Waals surface area contributed by atoms with Gasteiger partial charge in [-0.05, 0) is 51.5 Å². The molecule has 10 nitrogen and oxygen atoms in total. The first-order valence-corrected chi connectivity index (χ1v) is 17.3. The maximum absolute atomic E-state index is 14.0. The fourth-order valence-corrected chi connectivity index (χ4v) is 8.14. The zero-order valence-electron chi connectivity index (χ0n) is 25.2. The first-order chi connectivity index (χ1) is 21.5. The van der Waals surface area contributed by atoms with Gasteiger partial charge in [0.05, 0.1) is 21.2 Å². The van der Waals surface area contributed by atoms with Crippen LogP contribution in [0.4, 0.5) is 0 Å². The number of rotatable bonds is 13. The topological polar surface area (TPSA) is 151 Å². The Balaban J connectivity index is 1.63. The van der Waals surface area contributed by atoms with Crippen LogP contribution in [-0.2, 0) is 24.2 Å². The number of unbranched alkanes of at least 4 members (excludes halogenated alkanes) is 1. The zero-order valence-corrected chi connectivity index (χ0v) is 27.6. The summed E-state index contributed by atoms with van der Waals surface area (Å²) in [7, 11) is -3.79. The monoisotopic (exact) mass is 699 g/mol.